The Morgan fingerprint density at radius 3 is 2.95 bits per heavy atom. The average Bonchev–Trinajstić information content (AvgIpc) is 3.05. The molecule has 1 aromatic heterocycles. The maximum Gasteiger partial charge on any atom is 0.244 e. The Kier molecular flexibility index (Phi) is 2.98. The number of rotatable bonds is 3. The highest BCUT2D eigenvalue weighted by atomic mass is 16.5. The van der Waals surface area contributed by atoms with Crippen molar-refractivity contribution >= 4 is 0 Å². The molecule has 0 radical (unpaired) electrons. The van der Waals surface area contributed by atoms with Crippen LogP contribution in [0, 0.1) is 0 Å². The maximum absolute atomic E-state index is 5.49. The number of hydrogen-bond acceptors (Lipinski definition) is 5. The second kappa shape index (κ2) is 4.66. The molecule has 19 heavy (non-hydrogen) atoms. The highest BCUT2D eigenvalue weighted by molar-refractivity contribution is 5.59. The van der Waals surface area contributed by atoms with E-state index >= 15 is 0 Å². The molecule has 5 heteroatoms. The summed E-state index contributed by atoms with van der Waals surface area (Å²) in [5.74, 6) is 2.24. The first-order valence-corrected chi connectivity index (χ1v) is 6.41. The molecule has 0 unspecified atom stereocenters. The van der Waals surface area contributed by atoms with Crippen molar-refractivity contribution in [3.05, 3.63) is 29.7 Å². The van der Waals surface area contributed by atoms with Crippen molar-refractivity contribution in [1.29, 1.82) is 0 Å². The molecule has 2 aromatic rings. The number of hydrogen-bond donors (Lipinski definition) is 0. The second-order valence-electron chi connectivity index (χ2n) is 5.02. The zero-order chi connectivity index (χ0) is 13.4. The van der Waals surface area contributed by atoms with Gasteiger partial charge in [-0.05, 0) is 44.8 Å². The molecule has 0 saturated heterocycles. The summed E-state index contributed by atoms with van der Waals surface area (Å²) in [4.78, 5) is 6.50. The maximum atomic E-state index is 5.49. The highest BCUT2D eigenvalue weighted by Gasteiger charge is 2.18. The van der Waals surface area contributed by atoms with E-state index < -0.39 is 0 Å². The lowest BCUT2D eigenvalue weighted by Gasteiger charge is -2.14. The Labute approximate surface area is 112 Å². The van der Waals surface area contributed by atoms with E-state index in [-0.39, 0.29) is 6.04 Å². The van der Waals surface area contributed by atoms with Gasteiger partial charge in [-0.2, -0.15) is 4.98 Å². The molecule has 5 nitrogen and oxygen atoms in total. The third-order valence-corrected chi connectivity index (χ3v) is 3.52. The van der Waals surface area contributed by atoms with E-state index in [1.54, 1.807) is 0 Å². The molecule has 2 heterocycles. The molecular weight excluding hydrogens is 242 g/mol. The Morgan fingerprint density at radius 1 is 1.32 bits per heavy atom. The van der Waals surface area contributed by atoms with Crippen LogP contribution in [0.5, 0.6) is 5.75 Å². The van der Waals surface area contributed by atoms with Crippen LogP contribution in [0.25, 0.3) is 11.4 Å². The zero-order valence-electron chi connectivity index (χ0n) is 11.4. The van der Waals surface area contributed by atoms with Crippen LogP contribution >= 0.6 is 0 Å². The fraction of sp³-hybridized carbons (Fsp3) is 0.429. The summed E-state index contributed by atoms with van der Waals surface area (Å²) in [5, 5.41) is 4.06. The second-order valence-corrected chi connectivity index (χ2v) is 5.02. The van der Waals surface area contributed by atoms with Crippen LogP contribution in [0.15, 0.2) is 22.7 Å². The predicted molar refractivity (Wildman–Crippen MR) is 71.0 cm³/mol. The SMILES string of the molecule is C[C@H](c1nc(-c2ccc3c(c2)CCO3)no1)N(C)C. The first-order chi connectivity index (χ1) is 9.15. The van der Waals surface area contributed by atoms with Crippen LogP contribution in [0.1, 0.15) is 24.4 Å². The first-order valence-electron chi connectivity index (χ1n) is 6.41. The minimum atomic E-state index is 0.110. The minimum Gasteiger partial charge on any atom is -0.493 e. The lowest BCUT2D eigenvalue weighted by Crippen LogP contribution is -2.16. The number of fused-ring (bicyclic) bond motifs is 1. The van der Waals surface area contributed by atoms with Gasteiger partial charge in [-0.3, -0.25) is 4.90 Å². The van der Waals surface area contributed by atoms with Gasteiger partial charge in [-0.1, -0.05) is 5.16 Å². The van der Waals surface area contributed by atoms with Crippen LogP contribution in [0.3, 0.4) is 0 Å². The molecule has 0 fully saturated rings. The van der Waals surface area contributed by atoms with Gasteiger partial charge in [0.2, 0.25) is 11.7 Å². The third kappa shape index (κ3) is 2.21. The van der Waals surface area contributed by atoms with E-state index in [4.69, 9.17) is 9.26 Å². The van der Waals surface area contributed by atoms with Gasteiger partial charge in [0.15, 0.2) is 0 Å². The molecule has 100 valence electrons. The van der Waals surface area contributed by atoms with Gasteiger partial charge in [0.05, 0.1) is 12.6 Å². The van der Waals surface area contributed by atoms with E-state index in [2.05, 4.69) is 16.2 Å². The van der Waals surface area contributed by atoms with Gasteiger partial charge in [0, 0.05) is 12.0 Å². The highest BCUT2D eigenvalue weighted by Crippen LogP contribution is 2.29. The van der Waals surface area contributed by atoms with E-state index in [0.29, 0.717) is 11.7 Å². The van der Waals surface area contributed by atoms with Crippen LogP contribution in [0.2, 0.25) is 0 Å². The lowest BCUT2D eigenvalue weighted by molar-refractivity contribution is 0.245. The average molecular weight is 259 g/mol. The summed E-state index contributed by atoms with van der Waals surface area (Å²) < 4.78 is 10.8. The summed E-state index contributed by atoms with van der Waals surface area (Å²) >= 11 is 0. The van der Waals surface area contributed by atoms with Crippen molar-refractivity contribution in [3.8, 4) is 17.1 Å². The molecule has 0 bridgehead atoms. The molecule has 3 rings (SSSR count). The summed E-state index contributed by atoms with van der Waals surface area (Å²) in [6.45, 7) is 2.79. The summed E-state index contributed by atoms with van der Waals surface area (Å²) in [7, 11) is 3.97. The summed E-state index contributed by atoms with van der Waals surface area (Å²) in [6, 6.07) is 6.14. The van der Waals surface area contributed by atoms with Crippen molar-refractivity contribution < 1.29 is 9.26 Å². The number of ether oxygens (including phenoxy) is 1. The molecule has 0 amide bonds. The number of nitrogens with zero attached hydrogens (tertiary/aromatic N) is 3. The fourth-order valence-corrected chi connectivity index (χ4v) is 2.07. The first kappa shape index (κ1) is 12.2. The van der Waals surface area contributed by atoms with Gasteiger partial charge >= 0.3 is 0 Å². The van der Waals surface area contributed by atoms with Gasteiger partial charge < -0.3 is 9.26 Å². The molecule has 0 N–H and O–H groups in total. The van der Waals surface area contributed by atoms with Crippen LogP contribution in [-0.4, -0.2) is 35.7 Å². The van der Waals surface area contributed by atoms with Gasteiger partial charge in [0.1, 0.15) is 5.75 Å². The predicted octanol–water partition coefficient (Wildman–Crippen LogP) is 2.29. The largest absolute Gasteiger partial charge is 0.493 e. The topological polar surface area (TPSA) is 51.4 Å². The van der Waals surface area contributed by atoms with E-state index in [1.807, 2.05) is 38.1 Å². The van der Waals surface area contributed by atoms with Gasteiger partial charge in [-0.25, -0.2) is 0 Å². The minimum absolute atomic E-state index is 0.110. The van der Waals surface area contributed by atoms with Crippen molar-refractivity contribution in [2.45, 2.75) is 19.4 Å². The number of benzene rings is 1. The standard InChI is InChI=1S/C14H17N3O2/c1-9(17(2)3)14-15-13(16-19-14)11-4-5-12-10(8-11)6-7-18-12/h4-5,8-9H,6-7H2,1-3H3/t9-/m1/s1. The van der Waals surface area contributed by atoms with Crippen molar-refractivity contribution in [1.82, 2.24) is 15.0 Å². The number of aromatic nitrogens is 2. The van der Waals surface area contributed by atoms with Gasteiger partial charge in [-0.15, -0.1) is 0 Å². The molecule has 0 aliphatic carbocycles. The van der Waals surface area contributed by atoms with Crippen LogP contribution in [0.4, 0.5) is 0 Å². The molecule has 1 aliphatic heterocycles. The molecular formula is C14H17N3O2. The normalized spacial score (nSPS) is 15.4. The van der Waals surface area contributed by atoms with E-state index in [1.165, 1.54) is 5.56 Å². The van der Waals surface area contributed by atoms with Crippen LogP contribution < -0.4 is 4.74 Å². The molecule has 1 atom stereocenters. The monoisotopic (exact) mass is 259 g/mol. The molecule has 1 aliphatic rings. The Hall–Kier alpha value is -1.88. The van der Waals surface area contributed by atoms with Crippen molar-refractivity contribution in [2.24, 2.45) is 0 Å². The third-order valence-electron chi connectivity index (χ3n) is 3.52. The Morgan fingerprint density at radius 2 is 2.16 bits per heavy atom. The summed E-state index contributed by atoms with van der Waals surface area (Å²) in [6.07, 6.45) is 0.946. The Balaban J connectivity index is 1.90. The molecule has 1 aromatic carbocycles. The smallest absolute Gasteiger partial charge is 0.244 e. The Bertz CT molecular complexity index is 592. The van der Waals surface area contributed by atoms with Crippen LogP contribution in [-0.2, 0) is 6.42 Å². The lowest BCUT2D eigenvalue weighted by atomic mass is 10.1. The quantitative estimate of drug-likeness (QED) is 0.846. The van der Waals surface area contributed by atoms with Crippen molar-refractivity contribution in [2.75, 3.05) is 20.7 Å². The van der Waals surface area contributed by atoms with E-state index in [9.17, 15) is 0 Å². The zero-order valence-corrected chi connectivity index (χ0v) is 11.4. The summed E-state index contributed by atoms with van der Waals surface area (Å²) in [5.41, 5.74) is 2.19. The van der Waals surface area contributed by atoms with Crippen molar-refractivity contribution in [3.63, 3.8) is 0 Å². The van der Waals surface area contributed by atoms with E-state index in [0.717, 1.165) is 24.3 Å². The van der Waals surface area contributed by atoms with Gasteiger partial charge in [0.25, 0.3) is 0 Å². The molecule has 0 saturated carbocycles. The fourth-order valence-electron chi connectivity index (χ4n) is 2.07. The molecule has 0 spiro atoms.